The van der Waals surface area contributed by atoms with Crippen LogP contribution in [0.15, 0.2) is 53.7 Å². The third-order valence-corrected chi connectivity index (χ3v) is 3.02. The summed E-state index contributed by atoms with van der Waals surface area (Å²) < 4.78 is 0. The fourth-order valence-corrected chi connectivity index (χ4v) is 1.98. The van der Waals surface area contributed by atoms with Gasteiger partial charge in [0.05, 0.1) is 10.5 Å². The van der Waals surface area contributed by atoms with Crippen LogP contribution in [0.25, 0.3) is 0 Å². The number of carboxylic acids is 1. The molecule has 0 aromatic heterocycles. The number of carbonyl (C=O) groups excluding carboxylic acids is 1. The van der Waals surface area contributed by atoms with E-state index in [9.17, 15) is 19.7 Å². The van der Waals surface area contributed by atoms with Crippen LogP contribution in [0.1, 0.15) is 21.5 Å². The predicted molar refractivity (Wildman–Crippen MR) is 84.2 cm³/mol. The highest BCUT2D eigenvalue weighted by atomic mass is 16.6. The minimum atomic E-state index is -1.19. The van der Waals surface area contributed by atoms with Gasteiger partial charge in [-0.15, -0.1) is 0 Å². The Morgan fingerprint density at radius 3 is 2.50 bits per heavy atom. The number of nitro groups is 1. The normalized spacial score (nSPS) is 10.9. The molecule has 0 saturated heterocycles. The van der Waals surface area contributed by atoms with E-state index in [0.29, 0.717) is 17.4 Å². The van der Waals surface area contributed by atoms with Gasteiger partial charge in [-0.2, -0.15) is 0 Å². The molecule has 8 nitrogen and oxygen atoms in total. The Kier molecular flexibility index (Phi) is 5.35. The number of carboxylic acid groups (broad SMARTS) is 1. The second-order valence-electron chi connectivity index (χ2n) is 4.62. The fraction of sp³-hybridized carbons (Fsp3) is 0.0625. The molecule has 0 radical (unpaired) electrons. The molecule has 2 aromatic rings. The van der Waals surface area contributed by atoms with E-state index >= 15 is 0 Å². The van der Waals surface area contributed by atoms with Crippen molar-refractivity contribution in [2.24, 2.45) is 5.16 Å². The predicted octanol–water partition coefficient (Wildman–Crippen LogP) is 2.26. The van der Waals surface area contributed by atoms with E-state index in [1.165, 1.54) is 18.2 Å². The Morgan fingerprint density at radius 2 is 1.92 bits per heavy atom. The summed E-state index contributed by atoms with van der Waals surface area (Å²) in [6.07, 6.45) is 0.377. The van der Waals surface area contributed by atoms with E-state index in [4.69, 9.17) is 9.94 Å². The zero-order chi connectivity index (χ0) is 17.5. The molecule has 0 spiro atoms. The highest BCUT2D eigenvalue weighted by molar-refractivity contribution is 6.13. The molecule has 0 atom stereocenters. The number of carbonyl (C=O) groups is 2. The van der Waals surface area contributed by atoms with Crippen LogP contribution in [0.3, 0.4) is 0 Å². The summed E-state index contributed by atoms with van der Waals surface area (Å²) >= 11 is 0. The summed E-state index contributed by atoms with van der Waals surface area (Å²) in [5, 5.41) is 23.3. The summed E-state index contributed by atoms with van der Waals surface area (Å²) in [6, 6.07) is 12.6. The number of oxime groups is 1. The monoisotopic (exact) mass is 328 g/mol. The summed E-state index contributed by atoms with van der Waals surface area (Å²) in [7, 11) is 0. The summed E-state index contributed by atoms with van der Waals surface area (Å²) in [6.45, 7) is -0.635. The lowest BCUT2D eigenvalue weighted by Gasteiger charge is -2.08. The molecule has 0 aliphatic rings. The van der Waals surface area contributed by atoms with Gasteiger partial charge in [-0.25, -0.2) is 4.79 Å². The van der Waals surface area contributed by atoms with Crippen molar-refractivity contribution >= 4 is 23.7 Å². The van der Waals surface area contributed by atoms with Crippen molar-refractivity contribution in [3.8, 4) is 0 Å². The van der Waals surface area contributed by atoms with E-state index in [-0.39, 0.29) is 17.0 Å². The van der Waals surface area contributed by atoms with Crippen LogP contribution in [0.2, 0.25) is 0 Å². The van der Waals surface area contributed by atoms with Crippen LogP contribution in [-0.2, 0) is 9.63 Å². The second kappa shape index (κ2) is 7.63. The van der Waals surface area contributed by atoms with Crippen LogP contribution < -0.4 is 0 Å². The molecule has 122 valence electrons. The lowest BCUT2D eigenvalue weighted by atomic mass is 10.00. The van der Waals surface area contributed by atoms with Gasteiger partial charge in [-0.3, -0.25) is 14.9 Å². The van der Waals surface area contributed by atoms with Gasteiger partial charge in [-0.05, 0) is 12.1 Å². The van der Waals surface area contributed by atoms with E-state index in [0.717, 1.165) is 0 Å². The molecular weight excluding hydrogens is 316 g/mol. The number of nitrogens with zero attached hydrogens (tertiary/aromatic N) is 2. The summed E-state index contributed by atoms with van der Waals surface area (Å²) in [4.78, 5) is 36.7. The SMILES string of the molecule is O=Cc1cc(/C(=N/OCC(=O)O)c2ccccc2)ccc1[N+](=O)[O-]. The van der Waals surface area contributed by atoms with Gasteiger partial charge in [0.2, 0.25) is 6.61 Å². The van der Waals surface area contributed by atoms with Gasteiger partial charge in [0.1, 0.15) is 5.71 Å². The van der Waals surface area contributed by atoms with Crippen LogP contribution in [0.4, 0.5) is 5.69 Å². The first-order valence-electron chi connectivity index (χ1n) is 6.74. The maximum absolute atomic E-state index is 11.1. The van der Waals surface area contributed by atoms with Crippen LogP contribution in [-0.4, -0.2) is 34.6 Å². The molecule has 0 bridgehead atoms. The van der Waals surface area contributed by atoms with Crippen molar-refractivity contribution in [3.05, 3.63) is 75.3 Å². The molecule has 0 heterocycles. The molecule has 0 amide bonds. The first-order chi connectivity index (χ1) is 11.5. The van der Waals surface area contributed by atoms with Crippen LogP contribution in [0.5, 0.6) is 0 Å². The average Bonchev–Trinajstić information content (AvgIpc) is 2.58. The highest BCUT2D eigenvalue weighted by Crippen LogP contribution is 2.21. The minimum Gasteiger partial charge on any atom is -0.479 e. The molecule has 0 fully saturated rings. The standard InChI is InChI=1S/C16H12N2O6/c19-9-13-8-12(6-7-14(13)18(22)23)16(17-24-10-15(20)21)11-4-2-1-3-5-11/h1-9H,10H2,(H,20,21)/b17-16+. The van der Waals surface area contributed by atoms with Crippen molar-refractivity contribution in [1.29, 1.82) is 0 Å². The number of nitro benzene ring substituents is 1. The van der Waals surface area contributed by atoms with Gasteiger partial charge in [0.25, 0.3) is 5.69 Å². The Labute approximate surface area is 136 Å². The molecule has 0 saturated carbocycles. The molecule has 8 heteroatoms. The van der Waals surface area contributed by atoms with Crippen molar-refractivity contribution < 1.29 is 24.5 Å². The molecule has 2 rings (SSSR count). The van der Waals surface area contributed by atoms with Gasteiger partial charge in [0.15, 0.2) is 6.29 Å². The second-order valence-corrected chi connectivity index (χ2v) is 4.62. The van der Waals surface area contributed by atoms with Crippen LogP contribution in [0, 0.1) is 10.1 Å². The van der Waals surface area contributed by atoms with Crippen molar-refractivity contribution in [3.63, 3.8) is 0 Å². The number of hydrogen-bond donors (Lipinski definition) is 1. The molecular formula is C16H12N2O6. The van der Waals surface area contributed by atoms with E-state index < -0.39 is 17.5 Å². The molecule has 0 aliphatic carbocycles. The Bertz CT molecular complexity index is 801. The van der Waals surface area contributed by atoms with Crippen molar-refractivity contribution in [2.75, 3.05) is 6.61 Å². The smallest absolute Gasteiger partial charge is 0.344 e. The number of hydrogen-bond acceptors (Lipinski definition) is 6. The molecule has 0 unspecified atom stereocenters. The third-order valence-electron chi connectivity index (χ3n) is 3.02. The van der Waals surface area contributed by atoms with Gasteiger partial charge < -0.3 is 9.94 Å². The van der Waals surface area contributed by atoms with E-state index in [2.05, 4.69) is 5.16 Å². The Hall–Kier alpha value is -3.55. The summed E-state index contributed by atoms with van der Waals surface area (Å²) in [5.74, 6) is -1.19. The number of aliphatic carboxylic acids is 1. The Balaban J connectivity index is 2.49. The molecule has 2 aromatic carbocycles. The Morgan fingerprint density at radius 1 is 1.21 bits per heavy atom. The fourth-order valence-electron chi connectivity index (χ4n) is 1.98. The number of aldehydes is 1. The summed E-state index contributed by atoms with van der Waals surface area (Å²) in [5.41, 5.74) is 0.815. The largest absolute Gasteiger partial charge is 0.479 e. The highest BCUT2D eigenvalue weighted by Gasteiger charge is 2.17. The number of benzene rings is 2. The van der Waals surface area contributed by atoms with Crippen molar-refractivity contribution in [2.45, 2.75) is 0 Å². The zero-order valence-electron chi connectivity index (χ0n) is 12.3. The van der Waals surface area contributed by atoms with Gasteiger partial charge >= 0.3 is 5.97 Å². The minimum absolute atomic E-state index is 0.112. The molecule has 1 N–H and O–H groups in total. The maximum Gasteiger partial charge on any atom is 0.344 e. The third kappa shape index (κ3) is 4.01. The first kappa shape index (κ1) is 16.8. The topological polar surface area (TPSA) is 119 Å². The first-order valence-corrected chi connectivity index (χ1v) is 6.74. The van der Waals surface area contributed by atoms with E-state index in [1.54, 1.807) is 30.3 Å². The van der Waals surface area contributed by atoms with Gasteiger partial charge in [0, 0.05) is 17.2 Å². The van der Waals surface area contributed by atoms with Gasteiger partial charge in [-0.1, -0.05) is 35.5 Å². The van der Waals surface area contributed by atoms with Crippen LogP contribution >= 0.6 is 0 Å². The van der Waals surface area contributed by atoms with Crippen molar-refractivity contribution in [1.82, 2.24) is 0 Å². The number of rotatable bonds is 7. The average molecular weight is 328 g/mol. The van der Waals surface area contributed by atoms with E-state index in [1.807, 2.05) is 0 Å². The molecule has 0 aliphatic heterocycles. The lowest BCUT2D eigenvalue weighted by Crippen LogP contribution is -2.09. The lowest BCUT2D eigenvalue weighted by molar-refractivity contribution is -0.385. The quantitative estimate of drug-likeness (QED) is 0.360. The molecule has 24 heavy (non-hydrogen) atoms. The maximum atomic E-state index is 11.1. The zero-order valence-corrected chi connectivity index (χ0v) is 12.3.